The largest absolute Gasteiger partial charge is 0.485 e. The standard InChI is InChI=1S/C31H35NO5/c1-35-31(34)27(32-30(33)26-15-9-4-10-16-26)19-25-17-18-28(36-21-23-11-5-2-6-12-23)29(20-25)37-22-24-13-7-3-8-14-24/h2-3,5-8,11-14,17-18,20,26-27H,4,9-10,15-16,19,21-22H2,1H3,(H,32,33)/t27-/m0/s1. The minimum absolute atomic E-state index is 0.0422. The van der Waals surface area contributed by atoms with E-state index in [9.17, 15) is 9.59 Å². The van der Waals surface area contributed by atoms with E-state index in [2.05, 4.69) is 5.32 Å². The SMILES string of the molecule is COC(=O)[C@H](Cc1ccc(OCc2ccccc2)c(OCc2ccccc2)c1)NC(=O)C1CCCCC1. The molecule has 6 nitrogen and oxygen atoms in total. The smallest absolute Gasteiger partial charge is 0.328 e. The average molecular weight is 502 g/mol. The van der Waals surface area contributed by atoms with E-state index in [-0.39, 0.29) is 11.8 Å². The fourth-order valence-corrected chi connectivity index (χ4v) is 4.61. The van der Waals surface area contributed by atoms with Gasteiger partial charge in [-0.3, -0.25) is 4.79 Å². The van der Waals surface area contributed by atoms with Crippen LogP contribution in [0.4, 0.5) is 0 Å². The van der Waals surface area contributed by atoms with E-state index in [4.69, 9.17) is 14.2 Å². The Morgan fingerprint density at radius 2 is 1.38 bits per heavy atom. The summed E-state index contributed by atoms with van der Waals surface area (Å²) >= 11 is 0. The second-order valence-corrected chi connectivity index (χ2v) is 9.45. The highest BCUT2D eigenvalue weighted by Gasteiger charge is 2.27. The zero-order valence-electron chi connectivity index (χ0n) is 21.4. The number of carbonyl (C=O) groups is 2. The van der Waals surface area contributed by atoms with Gasteiger partial charge in [-0.2, -0.15) is 0 Å². The first-order valence-electron chi connectivity index (χ1n) is 13.0. The van der Waals surface area contributed by atoms with Gasteiger partial charge in [-0.15, -0.1) is 0 Å². The van der Waals surface area contributed by atoms with Gasteiger partial charge in [0.1, 0.15) is 19.3 Å². The normalized spacial score (nSPS) is 14.4. The maximum Gasteiger partial charge on any atom is 0.328 e. The summed E-state index contributed by atoms with van der Waals surface area (Å²) in [6, 6.07) is 24.7. The van der Waals surface area contributed by atoms with E-state index in [1.807, 2.05) is 78.9 Å². The lowest BCUT2D eigenvalue weighted by Gasteiger charge is -2.24. The third-order valence-corrected chi connectivity index (χ3v) is 6.70. The van der Waals surface area contributed by atoms with Crippen LogP contribution >= 0.6 is 0 Å². The molecule has 0 spiro atoms. The van der Waals surface area contributed by atoms with Crippen LogP contribution < -0.4 is 14.8 Å². The number of amides is 1. The zero-order valence-corrected chi connectivity index (χ0v) is 21.4. The van der Waals surface area contributed by atoms with Gasteiger partial charge >= 0.3 is 5.97 Å². The molecule has 1 saturated carbocycles. The summed E-state index contributed by atoms with van der Waals surface area (Å²) in [7, 11) is 1.34. The van der Waals surface area contributed by atoms with Crippen molar-refractivity contribution >= 4 is 11.9 Å². The van der Waals surface area contributed by atoms with Crippen LogP contribution in [0, 0.1) is 5.92 Å². The monoisotopic (exact) mass is 501 g/mol. The van der Waals surface area contributed by atoms with E-state index < -0.39 is 12.0 Å². The molecule has 0 bridgehead atoms. The molecule has 1 N–H and O–H groups in total. The molecule has 0 unspecified atom stereocenters. The Morgan fingerprint density at radius 3 is 1.97 bits per heavy atom. The van der Waals surface area contributed by atoms with E-state index in [1.165, 1.54) is 7.11 Å². The highest BCUT2D eigenvalue weighted by Crippen LogP contribution is 2.31. The molecule has 6 heteroatoms. The van der Waals surface area contributed by atoms with Crippen molar-refractivity contribution in [2.75, 3.05) is 7.11 Å². The number of benzene rings is 3. The van der Waals surface area contributed by atoms with Crippen molar-refractivity contribution in [3.8, 4) is 11.5 Å². The summed E-state index contributed by atoms with van der Waals surface area (Å²) in [5.41, 5.74) is 2.93. The van der Waals surface area contributed by atoms with Crippen molar-refractivity contribution in [3.05, 3.63) is 95.6 Å². The van der Waals surface area contributed by atoms with Gasteiger partial charge in [0.15, 0.2) is 11.5 Å². The van der Waals surface area contributed by atoms with Crippen molar-refractivity contribution in [1.82, 2.24) is 5.32 Å². The molecule has 0 radical (unpaired) electrons. The Balaban J connectivity index is 1.50. The maximum absolute atomic E-state index is 12.9. The van der Waals surface area contributed by atoms with Crippen LogP contribution in [0.2, 0.25) is 0 Å². The molecule has 1 amide bonds. The summed E-state index contributed by atoms with van der Waals surface area (Å²) in [4.78, 5) is 25.4. The van der Waals surface area contributed by atoms with Crippen molar-refractivity contribution in [3.63, 3.8) is 0 Å². The molecule has 194 valence electrons. The fraction of sp³-hybridized carbons (Fsp3) is 0.355. The van der Waals surface area contributed by atoms with Crippen LogP contribution in [0.3, 0.4) is 0 Å². The van der Waals surface area contributed by atoms with Gasteiger partial charge in [0, 0.05) is 12.3 Å². The van der Waals surface area contributed by atoms with Gasteiger partial charge in [-0.25, -0.2) is 4.79 Å². The van der Waals surface area contributed by atoms with Gasteiger partial charge in [0.2, 0.25) is 5.91 Å². The Bertz CT molecular complexity index is 1140. The van der Waals surface area contributed by atoms with Gasteiger partial charge in [0.05, 0.1) is 7.11 Å². The quantitative estimate of drug-likeness (QED) is 0.345. The second-order valence-electron chi connectivity index (χ2n) is 9.45. The molecule has 3 aromatic carbocycles. The van der Waals surface area contributed by atoms with E-state index in [1.54, 1.807) is 0 Å². The first-order valence-corrected chi connectivity index (χ1v) is 13.0. The molecule has 4 rings (SSSR count). The first kappa shape index (κ1) is 26.3. The van der Waals surface area contributed by atoms with E-state index >= 15 is 0 Å². The Hall–Kier alpha value is -3.80. The first-order chi connectivity index (χ1) is 18.1. The predicted molar refractivity (Wildman–Crippen MR) is 142 cm³/mol. The lowest BCUT2D eigenvalue weighted by molar-refractivity contribution is -0.145. The van der Waals surface area contributed by atoms with E-state index in [0.717, 1.165) is 48.8 Å². The molecule has 3 aromatic rings. The topological polar surface area (TPSA) is 73.9 Å². The number of ether oxygens (including phenoxy) is 3. The average Bonchev–Trinajstić information content (AvgIpc) is 2.96. The molecule has 0 heterocycles. The summed E-state index contributed by atoms with van der Waals surface area (Å²) in [5, 5.41) is 2.94. The van der Waals surface area contributed by atoms with Crippen LogP contribution in [-0.4, -0.2) is 25.0 Å². The van der Waals surface area contributed by atoms with Gasteiger partial charge in [-0.1, -0.05) is 86.0 Å². The number of hydrogen-bond acceptors (Lipinski definition) is 5. The minimum atomic E-state index is -0.766. The van der Waals surface area contributed by atoms with Crippen LogP contribution in [0.25, 0.3) is 0 Å². The predicted octanol–water partition coefficient (Wildman–Crippen LogP) is 5.63. The van der Waals surface area contributed by atoms with Gasteiger partial charge in [-0.05, 0) is 41.7 Å². The molecule has 1 atom stereocenters. The number of esters is 1. The molecular formula is C31H35NO5. The molecule has 1 aliphatic rings. The molecule has 1 aliphatic carbocycles. The highest BCUT2D eigenvalue weighted by atomic mass is 16.5. The Morgan fingerprint density at radius 1 is 0.784 bits per heavy atom. The van der Waals surface area contributed by atoms with Crippen molar-refractivity contribution < 1.29 is 23.8 Å². The van der Waals surface area contributed by atoms with Crippen molar-refractivity contribution in [1.29, 1.82) is 0 Å². The number of carbonyl (C=O) groups excluding carboxylic acids is 2. The summed E-state index contributed by atoms with van der Waals surface area (Å²) in [6.07, 6.45) is 5.29. The molecule has 0 aliphatic heterocycles. The summed E-state index contributed by atoms with van der Waals surface area (Å²) < 4.78 is 17.3. The minimum Gasteiger partial charge on any atom is -0.485 e. The van der Waals surface area contributed by atoms with Crippen LogP contribution in [0.15, 0.2) is 78.9 Å². The summed E-state index contributed by atoms with van der Waals surface area (Å²) in [5.74, 6) is 0.627. The van der Waals surface area contributed by atoms with Gasteiger partial charge < -0.3 is 19.5 Å². The molecule has 1 fully saturated rings. The molecule has 0 saturated heterocycles. The molecular weight excluding hydrogens is 466 g/mol. The summed E-state index contributed by atoms with van der Waals surface area (Å²) in [6.45, 7) is 0.787. The molecule has 37 heavy (non-hydrogen) atoms. The number of methoxy groups -OCH3 is 1. The van der Waals surface area contributed by atoms with Crippen LogP contribution in [0.5, 0.6) is 11.5 Å². The lowest BCUT2D eigenvalue weighted by atomic mass is 9.88. The number of nitrogens with one attached hydrogen (secondary N) is 1. The van der Waals surface area contributed by atoms with Crippen molar-refractivity contribution in [2.24, 2.45) is 5.92 Å². The van der Waals surface area contributed by atoms with Crippen LogP contribution in [0.1, 0.15) is 48.8 Å². The lowest BCUT2D eigenvalue weighted by Crippen LogP contribution is -2.45. The Kier molecular flexibility index (Phi) is 9.58. The van der Waals surface area contributed by atoms with Crippen molar-refractivity contribution in [2.45, 2.75) is 57.8 Å². The van der Waals surface area contributed by atoms with Crippen LogP contribution in [-0.2, 0) is 34.0 Å². The highest BCUT2D eigenvalue weighted by molar-refractivity contribution is 5.86. The maximum atomic E-state index is 12.9. The number of rotatable bonds is 11. The fourth-order valence-electron chi connectivity index (χ4n) is 4.61. The zero-order chi connectivity index (χ0) is 25.9. The molecule has 0 aromatic heterocycles. The third kappa shape index (κ3) is 7.84. The third-order valence-electron chi connectivity index (χ3n) is 6.70. The number of hydrogen-bond donors (Lipinski definition) is 1. The van der Waals surface area contributed by atoms with Gasteiger partial charge in [0.25, 0.3) is 0 Å². The van der Waals surface area contributed by atoms with E-state index in [0.29, 0.717) is 31.1 Å². The second kappa shape index (κ2) is 13.5. The Labute approximate surface area is 218 Å².